The van der Waals surface area contributed by atoms with E-state index in [0.717, 1.165) is 0 Å². The van der Waals surface area contributed by atoms with E-state index in [9.17, 15) is 9.90 Å². The number of nitrogens with zero attached hydrogens (tertiary/aromatic N) is 1. The van der Waals surface area contributed by atoms with Crippen molar-refractivity contribution in [3.05, 3.63) is 59.9 Å². The van der Waals surface area contributed by atoms with Crippen LogP contribution < -0.4 is 0 Å². The van der Waals surface area contributed by atoms with Crippen LogP contribution in [-0.4, -0.2) is 16.1 Å². The van der Waals surface area contributed by atoms with Gasteiger partial charge in [0.25, 0.3) is 0 Å². The van der Waals surface area contributed by atoms with Gasteiger partial charge < -0.3 is 9.84 Å². The number of hydrogen-bond acceptors (Lipinski definition) is 4. The van der Waals surface area contributed by atoms with Crippen molar-refractivity contribution in [1.29, 1.82) is 0 Å². The Bertz CT molecular complexity index is 511. The summed E-state index contributed by atoms with van der Waals surface area (Å²) in [5, 5.41) is 9.23. The molecule has 0 radical (unpaired) electrons. The summed E-state index contributed by atoms with van der Waals surface area (Å²) in [6.45, 7) is 0.120. The Morgan fingerprint density at radius 1 is 1.24 bits per heavy atom. The number of phenolic OH excluding ortho intramolecular Hbond substituents is 1. The molecule has 0 amide bonds. The second-order valence-electron chi connectivity index (χ2n) is 3.45. The van der Waals surface area contributed by atoms with Crippen molar-refractivity contribution in [2.24, 2.45) is 0 Å². The molecule has 1 heterocycles. The van der Waals surface area contributed by atoms with E-state index < -0.39 is 5.97 Å². The number of pyridine rings is 1. The lowest BCUT2D eigenvalue weighted by atomic mass is 10.2. The van der Waals surface area contributed by atoms with Gasteiger partial charge in [-0.05, 0) is 30.3 Å². The molecule has 0 unspecified atom stereocenters. The highest BCUT2D eigenvalue weighted by Crippen LogP contribution is 2.12. The number of phenols is 1. The molecule has 1 aromatic carbocycles. The van der Waals surface area contributed by atoms with Crippen LogP contribution in [0.3, 0.4) is 0 Å². The number of carbonyl (C=O) groups is 1. The van der Waals surface area contributed by atoms with Crippen LogP contribution in [0.15, 0.2) is 48.7 Å². The first-order valence-corrected chi connectivity index (χ1v) is 5.12. The van der Waals surface area contributed by atoms with Gasteiger partial charge >= 0.3 is 5.97 Å². The van der Waals surface area contributed by atoms with Crippen molar-refractivity contribution in [2.75, 3.05) is 0 Å². The number of hydrogen-bond donors (Lipinski definition) is 1. The number of carbonyl (C=O) groups excluding carboxylic acids is 1. The van der Waals surface area contributed by atoms with Gasteiger partial charge in [-0.3, -0.25) is 4.98 Å². The molecule has 17 heavy (non-hydrogen) atoms. The van der Waals surface area contributed by atoms with Crippen molar-refractivity contribution in [3.8, 4) is 5.75 Å². The summed E-state index contributed by atoms with van der Waals surface area (Å²) in [6.07, 6.45) is 1.64. The quantitative estimate of drug-likeness (QED) is 0.819. The number of aromatic nitrogens is 1. The van der Waals surface area contributed by atoms with Gasteiger partial charge in [-0.15, -0.1) is 0 Å². The van der Waals surface area contributed by atoms with Gasteiger partial charge in [-0.25, -0.2) is 4.79 Å². The third-order valence-corrected chi connectivity index (χ3v) is 2.16. The first-order valence-electron chi connectivity index (χ1n) is 5.12. The molecule has 4 nitrogen and oxygen atoms in total. The smallest absolute Gasteiger partial charge is 0.338 e. The number of benzene rings is 1. The summed E-state index contributed by atoms with van der Waals surface area (Å²) in [7, 11) is 0. The van der Waals surface area contributed by atoms with Gasteiger partial charge in [0.2, 0.25) is 0 Å². The van der Waals surface area contributed by atoms with Crippen molar-refractivity contribution in [1.82, 2.24) is 4.98 Å². The minimum atomic E-state index is -0.480. The molecule has 0 atom stereocenters. The van der Waals surface area contributed by atoms with E-state index in [1.807, 2.05) is 6.07 Å². The Kier molecular flexibility index (Phi) is 3.35. The highest BCUT2D eigenvalue weighted by atomic mass is 16.5. The van der Waals surface area contributed by atoms with E-state index in [1.165, 1.54) is 12.1 Å². The first kappa shape index (κ1) is 11.1. The minimum Gasteiger partial charge on any atom is -0.508 e. The van der Waals surface area contributed by atoms with E-state index in [-0.39, 0.29) is 12.4 Å². The largest absolute Gasteiger partial charge is 0.508 e. The lowest BCUT2D eigenvalue weighted by Crippen LogP contribution is -2.05. The molecule has 0 aliphatic carbocycles. The SMILES string of the molecule is O=C(OCc1ccccn1)c1cccc(O)c1. The van der Waals surface area contributed by atoms with Crippen LogP contribution in [0.4, 0.5) is 0 Å². The number of aromatic hydroxyl groups is 1. The monoisotopic (exact) mass is 229 g/mol. The zero-order chi connectivity index (χ0) is 12.1. The van der Waals surface area contributed by atoms with Gasteiger partial charge in [0.05, 0.1) is 11.3 Å². The first-order chi connectivity index (χ1) is 8.25. The Morgan fingerprint density at radius 2 is 2.12 bits per heavy atom. The second kappa shape index (κ2) is 5.12. The van der Waals surface area contributed by atoms with E-state index in [0.29, 0.717) is 11.3 Å². The van der Waals surface area contributed by atoms with Crippen LogP contribution in [0.2, 0.25) is 0 Å². The van der Waals surface area contributed by atoms with E-state index in [4.69, 9.17) is 4.74 Å². The van der Waals surface area contributed by atoms with Crippen LogP contribution in [0.5, 0.6) is 5.75 Å². The molecule has 0 saturated heterocycles. The molecule has 0 spiro atoms. The van der Waals surface area contributed by atoms with Crippen LogP contribution in [0.1, 0.15) is 16.1 Å². The Morgan fingerprint density at radius 3 is 2.82 bits per heavy atom. The molecule has 0 bridgehead atoms. The molecule has 0 fully saturated rings. The van der Waals surface area contributed by atoms with Crippen molar-refractivity contribution >= 4 is 5.97 Å². The minimum absolute atomic E-state index is 0.0392. The maximum atomic E-state index is 11.6. The lowest BCUT2D eigenvalue weighted by molar-refractivity contribution is 0.0467. The van der Waals surface area contributed by atoms with Gasteiger partial charge in [-0.1, -0.05) is 12.1 Å². The highest BCUT2D eigenvalue weighted by Gasteiger charge is 2.07. The zero-order valence-electron chi connectivity index (χ0n) is 9.04. The fourth-order valence-corrected chi connectivity index (χ4v) is 1.34. The third-order valence-electron chi connectivity index (χ3n) is 2.16. The van der Waals surface area contributed by atoms with Crippen LogP contribution in [0.25, 0.3) is 0 Å². The molecular formula is C13H11NO3. The predicted octanol–water partition coefficient (Wildman–Crippen LogP) is 2.14. The molecule has 2 rings (SSSR count). The standard InChI is InChI=1S/C13H11NO3/c15-12-6-3-4-10(8-12)13(16)17-9-11-5-1-2-7-14-11/h1-8,15H,9H2. The van der Waals surface area contributed by atoms with Gasteiger partial charge in [0.15, 0.2) is 0 Å². The van der Waals surface area contributed by atoms with Gasteiger partial charge in [0.1, 0.15) is 12.4 Å². The molecule has 1 N–H and O–H groups in total. The second-order valence-corrected chi connectivity index (χ2v) is 3.45. The zero-order valence-corrected chi connectivity index (χ0v) is 9.04. The van der Waals surface area contributed by atoms with Crippen molar-refractivity contribution in [3.63, 3.8) is 0 Å². The fourth-order valence-electron chi connectivity index (χ4n) is 1.34. The molecule has 1 aromatic heterocycles. The van der Waals surface area contributed by atoms with Crippen molar-refractivity contribution < 1.29 is 14.6 Å². The molecule has 0 saturated carbocycles. The van der Waals surface area contributed by atoms with Crippen molar-refractivity contribution in [2.45, 2.75) is 6.61 Å². The summed E-state index contributed by atoms with van der Waals surface area (Å²) in [4.78, 5) is 15.6. The number of rotatable bonds is 3. The summed E-state index contributed by atoms with van der Waals surface area (Å²) in [6, 6.07) is 11.4. The Balaban J connectivity index is 1.98. The highest BCUT2D eigenvalue weighted by molar-refractivity contribution is 5.89. The van der Waals surface area contributed by atoms with E-state index in [2.05, 4.69) is 4.98 Å². The molecule has 2 aromatic rings. The average Bonchev–Trinajstić information content (AvgIpc) is 2.37. The third kappa shape index (κ3) is 3.04. The molecular weight excluding hydrogens is 218 g/mol. The molecule has 86 valence electrons. The van der Waals surface area contributed by atoms with Crippen LogP contribution >= 0.6 is 0 Å². The Hall–Kier alpha value is -2.36. The Labute approximate surface area is 98.5 Å². The summed E-state index contributed by atoms with van der Waals surface area (Å²) < 4.78 is 5.06. The molecule has 0 aliphatic heterocycles. The maximum Gasteiger partial charge on any atom is 0.338 e. The normalized spacial score (nSPS) is 9.88. The maximum absolute atomic E-state index is 11.6. The summed E-state index contributed by atoms with van der Waals surface area (Å²) in [5.41, 5.74) is 1.00. The summed E-state index contributed by atoms with van der Waals surface area (Å²) in [5.74, 6) is -0.441. The fraction of sp³-hybridized carbons (Fsp3) is 0.0769. The van der Waals surface area contributed by atoms with Gasteiger partial charge in [-0.2, -0.15) is 0 Å². The van der Waals surface area contributed by atoms with Gasteiger partial charge in [0, 0.05) is 6.20 Å². The average molecular weight is 229 g/mol. The van der Waals surface area contributed by atoms with E-state index in [1.54, 1.807) is 30.5 Å². The van der Waals surface area contributed by atoms with E-state index >= 15 is 0 Å². The topological polar surface area (TPSA) is 59.4 Å². The number of esters is 1. The lowest BCUT2D eigenvalue weighted by Gasteiger charge is -2.04. The summed E-state index contributed by atoms with van der Waals surface area (Å²) >= 11 is 0. The molecule has 0 aliphatic rings. The number of ether oxygens (including phenoxy) is 1. The molecule has 4 heteroatoms. The van der Waals surface area contributed by atoms with Crippen LogP contribution in [0, 0.1) is 0 Å². The van der Waals surface area contributed by atoms with Crippen LogP contribution in [-0.2, 0) is 11.3 Å². The predicted molar refractivity (Wildman–Crippen MR) is 61.5 cm³/mol.